The van der Waals surface area contributed by atoms with Crippen LogP contribution in [0.5, 0.6) is 0 Å². The summed E-state index contributed by atoms with van der Waals surface area (Å²) < 4.78 is 2.04. The molecule has 118 valence electrons. The first kappa shape index (κ1) is 15.1. The first-order chi connectivity index (χ1) is 10.6. The van der Waals surface area contributed by atoms with Crippen LogP contribution in [0.25, 0.3) is 0 Å². The molecular formula is C14H20N6OS. The number of hydrogen-bond acceptors (Lipinski definition) is 6. The molecule has 3 rings (SSSR count). The zero-order valence-corrected chi connectivity index (χ0v) is 13.6. The summed E-state index contributed by atoms with van der Waals surface area (Å²) in [6.45, 7) is 6.26. The number of hydrogen-bond donors (Lipinski definition) is 1. The smallest absolute Gasteiger partial charge is 0.240 e. The molecule has 1 fully saturated rings. The van der Waals surface area contributed by atoms with Crippen LogP contribution in [0, 0.1) is 13.8 Å². The van der Waals surface area contributed by atoms with Crippen LogP contribution in [0.15, 0.2) is 11.6 Å². The Morgan fingerprint density at radius 2 is 2.36 bits per heavy atom. The van der Waals surface area contributed by atoms with Gasteiger partial charge in [-0.2, -0.15) is 5.10 Å². The summed E-state index contributed by atoms with van der Waals surface area (Å²) in [5, 5.41) is 15.4. The molecule has 0 radical (unpaired) electrons. The van der Waals surface area contributed by atoms with Gasteiger partial charge in [0, 0.05) is 11.7 Å². The van der Waals surface area contributed by atoms with E-state index in [1.54, 1.807) is 5.51 Å². The van der Waals surface area contributed by atoms with Crippen LogP contribution in [0.3, 0.4) is 0 Å². The van der Waals surface area contributed by atoms with Gasteiger partial charge in [0.1, 0.15) is 5.51 Å². The minimum Gasteiger partial charge on any atom is -0.299 e. The van der Waals surface area contributed by atoms with E-state index in [2.05, 4.69) is 38.5 Å². The topological polar surface area (TPSA) is 75.9 Å². The van der Waals surface area contributed by atoms with Gasteiger partial charge >= 0.3 is 0 Å². The van der Waals surface area contributed by atoms with Crippen LogP contribution in [-0.4, -0.2) is 49.9 Å². The Labute approximate surface area is 133 Å². The highest BCUT2D eigenvalue weighted by atomic mass is 32.1. The van der Waals surface area contributed by atoms with Gasteiger partial charge in [-0.15, -0.1) is 10.2 Å². The average molecular weight is 320 g/mol. The molecule has 1 amide bonds. The van der Waals surface area contributed by atoms with Gasteiger partial charge in [-0.25, -0.2) is 0 Å². The Kier molecular flexibility index (Phi) is 4.49. The van der Waals surface area contributed by atoms with Gasteiger partial charge in [-0.05, 0) is 39.3 Å². The Balaban J connectivity index is 1.58. The highest BCUT2D eigenvalue weighted by Crippen LogP contribution is 2.19. The first-order valence-electron chi connectivity index (χ1n) is 7.43. The lowest BCUT2D eigenvalue weighted by atomic mass is 10.2. The van der Waals surface area contributed by atoms with Gasteiger partial charge in [0.05, 0.1) is 18.8 Å². The number of nitrogens with one attached hydrogen (secondary N) is 1. The quantitative estimate of drug-likeness (QED) is 0.902. The Morgan fingerprint density at radius 3 is 3.05 bits per heavy atom. The second-order valence-electron chi connectivity index (χ2n) is 5.67. The minimum atomic E-state index is -0.0305. The highest BCUT2D eigenvalue weighted by Gasteiger charge is 2.27. The van der Waals surface area contributed by atoms with E-state index in [4.69, 9.17) is 0 Å². The molecule has 0 bridgehead atoms. The Morgan fingerprint density at radius 1 is 1.50 bits per heavy atom. The summed E-state index contributed by atoms with van der Waals surface area (Å²) in [5.74, 6) is -0.0305. The van der Waals surface area contributed by atoms with Crippen LogP contribution in [-0.2, 0) is 11.3 Å². The van der Waals surface area contributed by atoms with Crippen LogP contribution in [0.2, 0.25) is 0 Å². The lowest BCUT2D eigenvalue weighted by Crippen LogP contribution is -2.39. The molecule has 0 aliphatic carbocycles. The standard InChI is InChI=1S/C14H20N6OS/c1-10-6-11(2)20(18-10)7-12-4-3-5-19(12)8-13(21)16-14-17-15-9-22-14/h6,9,12H,3-5,7-8H2,1-2H3,(H,16,17,21). The molecule has 1 saturated heterocycles. The monoisotopic (exact) mass is 320 g/mol. The number of carbonyl (C=O) groups excluding carboxylic acids is 1. The number of amides is 1. The predicted molar refractivity (Wildman–Crippen MR) is 84.8 cm³/mol. The van der Waals surface area contributed by atoms with E-state index >= 15 is 0 Å². The maximum Gasteiger partial charge on any atom is 0.240 e. The van der Waals surface area contributed by atoms with Crippen molar-refractivity contribution in [2.24, 2.45) is 0 Å². The predicted octanol–water partition coefficient (Wildman–Crippen LogP) is 1.45. The normalized spacial score (nSPS) is 18.7. The van der Waals surface area contributed by atoms with Crippen molar-refractivity contribution in [1.29, 1.82) is 0 Å². The molecule has 1 atom stereocenters. The molecule has 0 aromatic carbocycles. The van der Waals surface area contributed by atoms with E-state index in [1.807, 2.05) is 11.6 Å². The molecule has 2 aromatic rings. The number of likely N-dealkylation sites (tertiary alicyclic amines) is 1. The summed E-state index contributed by atoms with van der Waals surface area (Å²) in [7, 11) is 0. The maximum atomic E-state index is 12.1. The maximum absolute atomic E-state index is 12.1. The lowest BCUT2D eigenvalue weighted by Gasteiger charge is -2.24. The molecule has 1 aliphatic heterocycles. The van der Waals surface area contributed by atoms with Gasteiger partial charge < -0.3 is 0 Å². The molecule has 2 aromatic heterocycles. The van der Waals surface area contributed by atoms with Gasteiger partial charge in [-0.3, -0.25) is 19.7 Å². The Hall–Kier alpha value is -1.80. The van der Waals surface area contributed by atoms with Crippen molar-refractivity contribution >= 4 is 22.4 Å². The van der Waals surface area contributed by atoms with Crippen molar-refractivity contribution in [2.75, 3.05) is 18.4 Å². The molecule has 3 heterocycles. The van der Waals surface area contributed by atoms with E-state index in [0.29, 0.717) is 17.7 Å². The van der Waals surface area contributed by atoms with E-state index in [-0.39, 0.29) is 5.91 Å². The fourth-order valence-electron chi connectivity index (χ4n) is 2.94. The third-order valence-corrected chi connectivity index (χ3v) is 4.55. The third kappa shape index (κ3) is 3.50. The van der Waals surface area contributed by atoms with Crippen molar-refractivity contribution in [3.63, 3.8) is 0 Å². The van der Waals surface area contributed by atoms with Crippen molar-refractivity contribution in [1.82, 2.24) is 24.9 Å². The number of rotatable bonds is 5. The zero-order chi connectivity index (χ0) is 15.5. The van der Waals surface area contributed by atoms with E-state index in [1.165, 1.54) is 17.0 Å². The minimum absolute atomic E-state index is 0.0305. The van der Waals surface area contributed by atoms with Crippen molar-refractivity contribution < 1.29 is 4.79 Å². The average Bonchev–Trinajstić information content (AvgIpc) is 3.16. The van der Waals surface area contributed by atoms with E-state index in [0.717, 1.165) is 31.6 Å². The fraction of sp³-hybridized carbons (Fsp3) is 0.571. The van der Waals surface area contributed by atoms with Crippen LogP contribution in [0.1, 0.15) is 24.2 Å². The second-order valence-corrected chi connectivity index (χ2v) is 6.50. The molecule has 7 nitrogen and oxygen atoms in total. The molecule has 22 heavy (non-hydrogen) atoms. The van der Waals surface area contributed by atoms with Crippen molar-refractivity contribution in [2.45, 2.75) is 39.3 Å². The third-order valence-electron chi connectivity index (χ3n) is 3.94. The molecule has 1 N–H and O–H groups in total. The van der Waals surface area contributed by atoms with Crippen LogP contribution in [0.4, 0.5) is 5.13 Å². The summed E-state index contributed by atoms with van der Waals surface area (Å²) in [6.07, 6.45) is 2.22. The van der Waals surface area contributed by atoms with E-state index in [9.17, 15) is 4.79 Å². The molecular weight excluding hydrogens is 300 g/mol. The summed E-state index contributed by atoms with van der Waals surface area (Å²) >= 11 is 1.33. The molecule has 1 aliphatic rings. The van der Waals surface area contributed by atoms with Gasteiger partial charge in [0.2, 0.25) is 11.0 Å². The number of anilines is 1. The summed E-state index contributed by atoms with van der Waals surface area (Å²) in [4.78, 5) is 14.3. The van der Waals surface area contributed by atoms with Crippen molar-refractivity contribution in [3.8, 4) is 0 Å². The summed E-state index contributed by atoms with van der Waals surface area (Å²) in [5.41, 5.74) is 3.82. The second kappa shape index (κ2) is 6.53. The number of aromatic nitrogens is 4. The van der Waals surface area contributed by atoms with Gasteiger partial charge in [0.25, 0.3) is 0 Å². The molecule has 1 unspecified atom stereocenters. The van der Waals surface area contributed by atoms with Gasteiger partial charge in [-0.1, -0.05) is 11.3 Å². The van der Waals surface area contributed by atoms with Gasteiger partial charge in [0.15, 0.2) is 0 Å². The lowest BCUT2D eigenvalue weighted by molar-refractivity contribution is -0.117. The van der Waals surface area contributed by atoms with Crippen LogP contribution < -0.4 is 5.32 Å². The zero-order valence-electron chi connectivity index (χ0n) is 12.8. The van der Waals surface area contributed by atoms with Crippen LogP contribution >= 0.6 is 11.3 Å². The number of aryl methyl sites for hydroxylation is 2. The highest BCUT2D eigenvalue weighted by molar-refractivity contribution is 7.13. The largest absolute Gasteiger partial charge is 0.299 e. The SMILES string of the molecule is Cc1cc(C)n(CC2CCCN2CC(=O)Nc2nncs2)n1. The van der Waals surface area contributed by atoms with Crippen molar-refractivity contribution in [3.05, 3.63) is 23.0 Å². The molecule has 0 spiro atoms. The number of carbonyl (C=O) groups is 1. The molecule has 8 heteroatoms. The number of nitrogens with zero attached hydrogens (tertiary/aromatic N) is 5. The van der Waals surface area contributed by atoms with E-state index < -0.39 is 0 Å². The first-order valence-corrected chi connectivity index (χ1v) is 8.31. The molecule has 0 saturated carbocycles. The Bertz CT molecular complexity index is 638. The summed E-state index contributed by atoms with van der Waals surface area (Å²) in [6, 6.07) is 2.44. The fourth-order valence-corrected chi connectivity index (χ4v) is 3.40.